The van der Waals surface area contributed by atoms with E-state index in [0.29, 0.717) is 25.9 Å². The number of rotatable bonds is 0. The Balaban J connectivity index is 1.22. The average molecular weight is 559 g/mol. The molecule has 12 unspecified atom stereocenters. The summed E-state index contributed by atoms with van der Waals surface area (Å²) in [6, 6.07) is 0. The van der Waals surface area contributed by atoms with E-state index < -0.39 is 70.3 Å². The second-order valence-electron chi connectivity index (χ2n) is 12.8. The fourth-order valence-electron chi connectivity index (χ4n) is 8.86. The van der Waals surface area contributed by atoms with Crippen LogP contribution in [0.4, 0.5) is 0 Å². The topological polar surface area (TPSA) is 146 Å². The van der Waals surface area contributed by atoms with Crippen molar-refractivity contribution < 1.29 is 53.0 Å². The van der Waals surface area contributed by atoms with Crippen LogP contribution < -0.4 is 0 Å². The van der Waals surface area contributed by atoms with Gasteiger partial charge in [-0.05, 0) is 25.8 Å². The molecule has 8 aliphatic rings. The molecule has 4 bridgehead atoms. The van der Waals surface area contributed by atoms with Crippen LogP contribution in [-0.4, -0.2) is 102 Å². The van der Waals surface area contributed by atoms with Gasteiger partial charge in [0.1, 0.15) is 41.7 Å². The van der Waals surface area contributed by atoms with Crippen LogP contribution in [0, 0.1) is 10.8 Å². The molecule has 0 aromatic rings. The van der Waals surface area contributed by atoms with Gasteiger partial charge in [0.05, 0.1) is 30.8 Å². The van der Waals surface area contributed by atoms with E-state index in [2.05, 4.69) is 19.9 Å². The number of ether oxygens (including phenoxy) is 7. The van der Waals surface area contributed by atoms with Gasteiger partial charge in [0.25, 0.3) is 0 Å². The molecule has 0 amide bonds. The van der Waals surface area contributed by atoms with Crippen LogP contribution in [0.1, 0.15) is 39.5 Å². The normalized spacial score (nSPS) is 56.8. The van der Waals surface area contributed by atoms with E-state index in [1.807, 2.05) is 0 Å². The highest BCUT2D eigenvalue weighted by atomic mass is 16.7. The Morgan fingerprint density at radius 3 is 2.65 bits per heavy atom. The Morgan fingerprint density at radius 1 is 1.02 bits per heavy atom. The number of cyclic esters (lactones) is 1. The second kappa shape index (κ2) is 8.03. The molecule has 0 radical (unpaired) electrons. The maximum absolute atomic E-state index is 13.7. The van der Waals surface area contributed by atoms with Crippen LogP contribution in [-0.2, 0) is 42.7 Å². The maximum Gasteiger partial charge on any atom is 0.338 e. The Kier molecular flexibility index (Phi) is 5.14. The van der Waals surface area contributed by atoms with Crippen molar-refractivity contribution in [2.75, 3.05) is 19.8 Å². The van der Waals surface area contributed by atoms with E-state index >= 15 is 0 Å². The van der Waals surface area contributed by atoms with E-state index in [-0.39, 0.29) is 25.4 Å². The summed E-state index contributed by atoms with van der Waals surface area (Å²) in [6.45, 7) is 4.85. The zero-order chi connectivity index (χ0) is 27.7. The maximum atomic E-state index is 13.7. The molecule has 40 heavy (non-hydrogen) atoms. The van der Waals surface area contributed by atoms with Gasteiger partial charge in [-0.15, -0.1) is 0 Å². The number of epoxide rings is 2. The summed E-state index contributed by atoms with van der Waals surface area (Å²) in [5.74, 6) is -1.07. The molecule has 11 heteroatoms. The highest BCUT2D eigenvalue weighted by Gasteiger charge is 2.83. The second-order valence-corrected chi connectivity index (χ2v) is 12.8. The van der Waals surface area contributed by atoms with E-state index in [1.54, 1.807) is 12.2 Å². The first-order valence-electron chi connectivity index (χ1n) is 14.2. The first-order chi connectivity index (χ1) is 19.1. The van der Waals surface area contributed by atoms with Crippen LogP contribution in [0.15, 0.2) is 36.0 Å². The number of allylic oxidation sites excluding steroid dienone is 3. The van der Waals surface area contributed by atoms with Gasteiger partial charge in [-0.25, -0.2) is 9.59 Å². The summed E-state index contributed by atoms with van der Waals surface area (Å²) in [5.41, 5.74) is -3.37. The van der Waals surface area contributed by atoms with Gasteiger partial charge in [-0.2, -0.15) is 0 Å². The monoisotopic (exact) mass is 558 g/mol. The molecule has 3 spiro atoms. The molecule has 6 aliphatic heterocycles. The first-order valence-corrected chi connectivity index (χ1v) is 14.2. The van der Waals surface area contributed by atoms with Crippen molar-refractivity contribution in [1.29, 1.82) is 0 Å². The van der Waals surface area contributed by atoms with Crippen molar-refractivity contribution in [3.05, 3.63) is 36.0 Å². The summed E-state index contributed by atoms with van der Waals surface area (Å²) in [4.78, 5) is 26.8. The molecular weight excluding hydrogens is 524 g/mol. The van der Waals surface area contributed by atoms with Crippen LogP contribution in [0.3, 0.4) is 0 Å². The number of hydrogen-bond donors (Lipinski definition) is 2. The van der Waals surface area contributed by atoms with Crippen molar-refractivity contribution in [3.63, 3.8) is 0 Å². The lowest BCUT2D eigenvalue weighted by atomic mass is 9.51. The summed E-state index contributed by atoms with van der Waals surface area (Å²) >= 11 is 0. The van der Waals surface area contributed by atoms with Crippen molar-refractivity contribution in [3.8, 4) is 0 Å². The van der Waals surface area contributed by atoms with E-state index in [1.165, 1.54) is 17.7 Å². The third-order valence-corrected chi connectivity index (χ3v) is 11.3. The van der Waals surface area contributed by atoms with Gasteiger partial charge in [-0.1, -0.05) is 30.7 Å². The lowest BCUT2D eigenvalue weighted by molar-refractivity contribution is -0.233. The summed E-state index contributed by atoms with van der Waals surface area (Å²) in [5, 5.41) is 21.3. The fourth-order valence-corrected chi connectivity index (χ4v) is 8.86. The van der Waals surface area contributed by atoms with Crippen molar-refractivity contribution in [2.24, 2.45) is 10.8 Å². The molecule has 0 aromatic heterocycles. The molecule has 6 fully saturated rings. The van der Waals surface area contributed by atoms with Crippen LogP contribution in [0.5, 0.6) is 0 Å². The molecule has 11 nitrogen and oxygen atoms in total. The lowest BCUT2D eigenvalue weighted by Gasteiger charge is -2.58. The zero-order valence-corrected chi connectivity index (χ0v) is 22.4. The summed E-state index contributed by atoms with van der Waals surface area (Å²) < 4.78 is 42.8. The van der Waals surface area contributed by atoms with Crippen molar-refractivity contribution >= 4 is 11.9 Å². The Labute approximate surface area is 231 Å². The molecule has 0 aromatic carbocycles. The van der Waals surface area contributed by atoms with E-state index in [4.69, 9.17) is 33.2 Å². The third-order valence-electron chi connectivity index (χ3n) is 11.3. The average Bonchev–Trinajstić information content (AvgIpc) is 3.83. The Hall–Kier alpha value is -2.12. The number of carbonyl (C=O) groups is 2. The summed E-state index contributed by atoms with van der Waals surface area (Å²) in [7, 11) is 0. The Bertz CT molecular complexity index is 1250. The lowest BCUT2D eigenvalue weighted by Crippen LogP contribution is -2.67. The largest absolute Gasteiger partial charge is 0.463 e. The van der Waals surface area contributed by atoms with Crippen molar-refractivity contribution in [2.45, 2.75) is 99.2 Å². The van der Waals surface area contributed by atoms with Gasteiger partial charge >= 0.3 is 11.9 Å². The molecule has 6 heterocycles. The molecule has 8 rings (SSSR count). The molecule has 2 N–H and O–H groups in total. The van der Waals surface area contributed by atoms with Crippen molar-refractivity contribution in [1.82, 2.24) is 0 Å². The third kappa shape index (κ3) is 2.94. The molecule has 216 valence electrons. The van der Waals surface area contributed by atoms with Gasteiger partial charge in [-0.3, -0.25) is 0 Å². The highest BCUT2D eigenvalue weighted by molar-refractivity contribution is 5.82. The van der Waals surface area contributed by atoms with Gasteiger partial charge in [0.2, 0.25) is 0 Å². The predicted molar refractivity (Wildman–Crippen MR) is 132 cm³/mol. The Morgan fingerprint density at radius 2 is 1.85 bits per heavy atom. The number of esters is 2. The summed E-state index contributed by atoms with van der Waals surface area (Å²) in [6.07, 6.45) is 4.33. The number of aliphatic hydroxyl groups is 2. The van der Waals surface area contributed by atoms with E-state index in [9.17, 15) is 19.8 Å². The first kappa shape index (κ1) is 25.6. The quantitative estimate of drug-likeness (QED) is 0.245. The predicted octanol–water partition coefficient (Wildman–Crippen LogP) is 0.615. The van der Waals surface area contributed by atoms with Crippen LogP contribution >= 0.6 is 0 Å². The van der Waals surface area contributed by atoms with Gasteiger partial charge < -0.3 is 43.4 Å². The smallest absolute Gasteiger partial charge is 0.338 e. The highest BCUT2D eigenvalue weighted by Crippen LogP contribution is 2.72. The zero-order valence-electron chi connectivity index (χ0n) is 22.4. The molecular formula is C29H34O11. The van der Waals surface area contributed by atoms with E-state index in [0.717, 1.165) is 6.42 Å². The SMILES string of the molecule is CC1=CC2OC3CC4OC(=O)C=C/C=C/C56OCCC7(OC7C(=O)OCC2(CC1)C4(C)C31CO1)C5OC(O)C6O. The molecule has 5 saturated heterocycles. The molecule has 1 saturated carbocycles. The molecule has 12 atom stereocenters. The minimum Gasteiger partial charge on any atom is -0.463 e. The number of hydrogen-bond acceptors (Lipinski definition) is 11. The van der Waals surface area contributed by atoms with Gasteiger partial charge in [0.15, 0.2) is 12.4 Å². The number of carbonyl (C=O) groups excluding carboxylic acids is 2. The minimum atomic E-state index is -1.54. The number of aliphatic hydroxyl groups excluding tert-OH is 2. The van der Waals surface area contributed by atoms with Gasteiger partial charge in [0, 0.05) is 24.3 Å². The van der Waals surface area contributed by atoms with Crippen LogP contribution in [0.25, 0.3) is 0 Å². The molecule has 2 aliphatic carbocycles. The standard InChI is InChI=1S/C29H34O11/c1-15-6-8-26-13-34-23(33)21-28(40-21)9-10-35-27(20(31)22(32)39-24(27)28)7-4-3-5-19(30)38-16-12-18(37-17(26)11-15)29(14-36-29)25(16,26)2/h3-5,7,11,16-18,20-22,24,31-32H,6,8-10,12-14H2,1-2H3/b5-3?,7-4+. The minimum absolute atomic E-state index is 0.0345. The fraction of sp³-hybridized carbons (Fsp3) is 0.724. The van der Waals surface area contributed by atoms with Crippen LogP contribution in [0.2, 0.25) is 0 Å².